The van der Waals surface area contributed by atoms with Gasteiger partial charge in [-0.3, -0.25) is 14.4 Å². The second kappa shape index (κ2) is 17.2. The summed E-state index contributed by atoms with van der Waals surface area (Å²) in [6.07, 6.45) is 6.40. The molecule has 0 aliphatic carbocycles. The number of para-hydroxylation sites is 1. The van der Waals surface area contributed by atoms with E-state index < -0.39 is 13.6 Å². The third-order valence-corrected chi connectivity index (χ3v) is 17.8. The normalized spacial score (nSPS) is 22.5. The van der Waals surface area contributed by atoms with Crippen LogP contribution >= 0.6 is 0 Å². The van der Waals surface area contributed by atoms with E-state index in [1.807, 2.05) is 52.2 Å². The molecular weight excluding hydrogens is 741 g/mol. The zero-order valence-electron chi connectivity index (χ0n) is 34.3. The van der Waals surface area contributed by atoms with Crippen LogP contribution in [0.4, 0.5) is 11.4 Å². The predicted molar refractivity (Wildman–Crippen MR) is 233 cm³/mol. The molecule has 3 aliphatic heterocycles. The van der Waals surface area contributed by atoms with Crippen molar-refractivity contribution in [2.24, 2.45) is 5.92 Å². The van der Waals surface area contributed by atoms with Crippen molar-refractivity contribution in [1.82, 2.24) is 20.3 Å². The minimum atomic E-state index is -2.04. The van der Waals surface area contributed by atoms with Crippen molar-refractivity contribution in [2.75, 3.05) is 43.3 Å². The molecule has 1 spiro atoms. The van der Waals surface area contributed by atoms with Gasteiger partial charge in [-0.05, 0) is 104 Å². The molecule has 1 amide bonds. The molecule has 3 fully saturated rings. The van der Waals surface area contributed by atoms with Crippen LogP contribution in [0.15, 0.2) is 115 Å². The number of benzene rings is 4. The Hall–Kier alpha value is -4.81. The van der Waals surface area contributed by atoms with E-state index in [1.165, 1.54) is 10.8 Å². The van der Waals surface area contributed by atoms with Gasteiger partial charge in [0.05, 0.1) is 52.3 Å². The van der Waals surface area contributed by atoms with E-state index in [2.05, 4.69) is 113 Å². The van der Waals surface area contributed by atoms with Crippen molar-refractivity contribution in [3.05, 3.63) is 132 Å². The molecule has 11 heteroatoms. The van der Waals surface area contributed by atoms with Crippen LogP contribution in [0, 0.1) is 5.92 Å². The highest BCUT2D eigenvalue weighted by Crippen LogP contribution is 2.47. The van der Waals surface area contributed by atoms with Gasteiger partial charge in [-0.2, -0.15) is 0 Å². The molecule has 8 rings (SSSR count). The van der Waals surface area contributed by atoms with Crippen LogP contribution in [0.2, 0.25) is 18.6 Å². The van der Waals surface area contributed by atoms with E-state index >= 15 is 0 Å². The third kappa shape index (κ3) is 7.85. The van der Waals surface area contributed by atoms with Crippen LogP contribution in [-0.4, -0.2) is 85.3 Å². The topological polar surface area (TPSA) is 105 Å². The number of aliphatic hydroxyl groups is 1. The lowest BCUT2D eigenvalue weighted by atomic mass is 9.86. The van der Waals surface area contributed by atoms with Gasteiger partial charge in [0, 0.05) is 24.1 Å². The Morgan fingerprint density at radius 3 is 2.26 bits per heavy atom. The number of carbonyl (C=O) groups excluding carboxylic acids is 1. The molecule has 4 heterocycles. The van der Waals surface area contributed by atoms with Gasteiger partial charge < -0.3 is 24.8 Å². The Balaban J connectivity index is 0.969. The Morgan fingerprint density at radius 1 is 0.897 bits per heavy atom. The molecule has 0 bridgehead atoms. The van der Waals surface area contributed by atoms with Crippen molar-refractivity contribution < 1.29 is 19.4 Å². The summed E-state index contributed by atoms with van der Waals surface area (Å²) in [5.74, 6) is 1.22. The molecule has 10 nitrogen and oxygen atoms in total. The quantitative estimate of drug-likeness (QED) is 0.119. The third-order valence-electron chi connectivity index (χ3n) is 13.4. The maximum absolute atomic E-state index is 14.2. The minimum Gasteiger partial charge on any atom is -0.497 e. The van der Waals surface area contributed by atoms with Crippen molar-refractivity contribution >= 4 is 30.5 Å². The first-order valence-corrected chi connectivity index (χ1v) is 24.1. The van der Waals surface area contributed by atoms with Gasteiger partial charge in [0.15, 0.2) is 0 Å². The number of aryl methyl sites for hydroxylation is 2. The first kappa shape index (κ1) is 40.0. The number of aromatic nitrogens is 3. The molecular formula is C47H58N6O4Si. The molecule has 1 unspecified atom stereocenters. The summed E-state index contributed by atoms with van der Waals surface area (Å²) in [4.78, 5) is 18.5. The van der Waals surface area contributed by atoms with Crippen LogP contribution in [0.25, 0.3) is 0 Å². The number of aliphatic hydroxyl groups excluding tert-OH is 1. The van der Waals surface area contributed by atoms with Crippen LogP contribution in [0.3, 0.4) is 0 Å². The van der Waals surface area contributed by atoms with Crippen molar-refractivity contribution in [2.45, 2.75) is 87.9 Å². The summed E-state index contributed by atoms with van der Waals surface area (Å²) in [5, 5.41) is 24.1. The Kier molecular flexibility index (Phi) is 11.9. The molecule has 0 radical (unpaired) electrons. The summed E-state index contributed by atoms with van der Waals surface area (Å²) in [7, 11) is -0.325. The van der Waals surface area contributed by atoms with Gasteiger partial charge in [-0.25, -0.2) is 0 Å². The Morgan fingerprint density at radius 2 is 1.59 bits per heavy atom. The highest BCUT2D eigenvalue weighted by molar-refractivity contribution is 6.91. The number of methoxy groups -OCH3 is 1. The summed E-state index contributed by atoms with van der Waals surface area (Å²) in [5.41, 5.74) is 4.98. The average molecular weight is 799 g/mol. The number of amides is 1. The van der Waals surface area contributed by atoms with E-state index in [0.29, 0.717) is 24.7 Å². The van der Waals surface area contributed by atoms with Crippen molar-refractivity contribution in [3.63, 3.8) is 0 Å². The van der Waals surface area contributed by atoms with Crippen LogP contribution in [0.5, 0.6) is 5.75 Å². The number of hydrogen-bond acceptors (Lipinski definition) is 8. The fourth-order valence-corrected chi connectivity index (χ4v) is 14.2. The second-order valence-electron chi connectivity index (χ2n) is 17.0. The molecule has 5 aromatic rings. The summed E-state index contributed by atoms with van der Waals surface area (Å²) in [6, 6.07) is 37.7. The molecule has 0 saturated carbocycles. The van der Waals surface area contributed by atoms with Crippen molar-refractivity contribution in [3.8, 4) is 5.75 Å². The number of carbonyl (C=O) groups is 1. The number of rotatable bonds is 14. The smallest absolute Gasteiger partial charge is 0.254 e. The molecule has 3 aliphatic rings. The fraction of sp³-hybridized carbons (Fsp3) is 0.426. The number of nitrogens with one attached hydrogen (secondary N) is 1. The number of ether oxygens (including phenoxy) is 2. The Labute approximate surface area is 344 Å². The van der Waals surface area contributed by atoms with Gasteiger partial charge in [-0.1, -0.05) is 103 Å². The molecule has 58 heavy (non-hydrogen) atoms. The van der Waals surface area contributed by atoms with E-state index in [4.69, 9.17) is 9.47 Å². The maximum Gasteiger partial charge on any atom is 0.254 e. The Bertz CT molecular complexity index is 2110. The lowest BCUT2D eigenvalue weighted by Crippen LogP contribution is -2.55. The summed E-state index contributed by atoms with van der Waals surface area (Å²) >= 11 is 0. The lowest BCUT2D eigenvalue weighted by Gasteiger charge is -2.39. The van der Waals surface area contributed by atoms with Crippen LogP contribution in [-0.2, 0) is 22.5 Å². The van der Waals surface area contributed by atoms with Gasteiger partial charge in [-0.15, -0.1) is 5.10 Å². The second-order valence-corrected chi connectivity index (χ2v) is 21.7. The van der Waals surface area contributed by atoms with E-state index in [-0.39, 0.29) is 30.6 Å². The standard InChI is InChI=1S/C47H58N6O4Si/c1-34-43(24-17-35-15-18-37(19-16-35)52-33-53(38-13-9-6-10-14-38)47(46(52)55)26-28-48-29-27-47)57-44(45(34)58(3,4)40-22-20-39(56-2)21-23-40)25-30-51-31-42(49-50-51)41(32-54)36-11-7-5-8-12-36/h5-16,18-23,31,34,41,43-45,48,54H,17,24-30,32-33H2,1-4H3/t34-,41?,43+,44-,45+/m1/s1. The number of hydrogen-bond donors (Lipinski definition) is 2. The maximum atomic E-state index is 14.2. The van der Waals surface area contributed by atoms with Crippen LogP contribution < -0.4 is 25.0 Å². The minimum absolute atomic E-state index is 0.0258. The monoisotopic (exact) mass is 798 g/mol. The average Bonchev–Trinajstić information content (AvgIpc) is 3.94. The molecule has 4 aromatic carbocycles. The first-order valence-electron chi connectivity index (χ1n) is 21.0. The molecule has 3 saturated heterocycles. The van der Waals surface area contributed by atoms with Gasteiger partial charge in [0.2, 0.25) is 0 Å². The first-order chi connectivity index (χ1) is 28.2. The zero-order chi connectivity index (χ0) is 40.3. The van der Waals surface area contributed by atoms with Crippen LogP contribution in [0.1, 0.15) is 55.3 Å². The van der Waals surface area contributed by atoms with E-state index in [0.717, 1.165) is 73.6 Å². The molecule has 2 N–H and O–H groups in total. The number of anilines is 2. The van der Waals surface area contributed by atoms with Gasteiger partial charge in [0.25, 0.3) is 5.91 Å². The number of piperidine rings is 1. The number of nitrogens with zero attached hydrogens (tertiary/aromatic N) is 5. The van der Waals surface area contributed by atoms with E-state index in [9.17, 15) is 9.90 Å². The van der Waals surface area contributed by atoms with Crippen molar-refractivity contribution in [1.29, 1.82) is 0 Å². The predicted octanol–water partition coefficient (Wildman–Crippen LogP) is 6.76. The zero-order valence-corrected chi connectivity index (χ0v) is 35.3. The highest BCUT2D eigenvalue weighted by Gasteiger charge is 2.53. The molecule has 304 valence electrons. The van der Waals surface area contributed by atoms with E-state index in [1.54, 1.807) is 7.11 Å². The fourth-order valence-electron chi connectivity index (χ4n) is 10.1. The highest BCUT2D eigenvalue weighted by atomic mass is 28.3. The summed E-state index contributed by atoms with van der Waals surface area (Å²) in [6.45, 7) is 10.3. The largest absolute Gasteiger partial charge is 0.497 e. The lowest BCUT2D eigenvalue weighted by molar-refractivity contribution is -0.122. The molecule has 5 atom stereocenters. The van der Waals surface area contributed by atoms with Gasteiger partial charge in [0.1, 0.15) is 11.3 Å². The molecule has 1 aromatic heterocycles. The van der Waals surface area contributed by atoms with Gasteiger partial charge >= 0.3 is 0 Å². The summed E-state index contributed by atoms with van der Waals surface area (Å²) < 4.78 is 14.5. The SMILES string of the molecule is COc1ccc([Si](C)(C)[C@H]2[C@H](C)[C@H](CCc3ccc(N4CN(c5ccccc5)C5(CCNCC5)C4=O)cc3)O[C@@H]2CCn2cc(C(CO)c3ccccc3)nn2)cc1.